The number of rotatable bonds is 7. The average molecular weight is 369 g/mol. The second kappa shape index (κ2) is 8.08. The SMILES string of the molecule is O=C1OC[C@H]2[C@@H](OCc3ccccc3)[C@H](OCc3ccccc3)[C@@H](CO)N12. The quantitative estimate of drug-likeness (QED) is 0.811. The monoisotopic (exact) mass is 369 g/mol. The number of hydrogen-bond acceptors (Lipinski definition) is 5. The Hall–Kier alpha value is -2.41. The van der Waals surface area contributed by atoms with Crippen molar-refractivity contribution >= 4 is 6.09 Å². The molecule has 142 valence electrons. The van der Waals surface area contributed by atoms with Gasteiger partial charge in [0.15, 0.2) is 0 Å². The first-order chi connectivity index (χ1) is 13.3. The van der Waals surface area contributed by atoms with Gasteiger partial charge in [0.2, 0.25) is 0 Å². The third kappa shape index (κ3) is 3.69. The molecule has 0 unspecified atom stereocenters. The fourth-order valence-corrected chi connectivity index (χ4v) is 3.81. The van der Waals surface area contributed by atoms with Gasteiger partial charge in [0, 0.05) is 0 Å². The van der Waals surface area contributed by atoms with Gasteiger partial charge in [-0.1, -0.05) is 60.7 Å². The van der Waals surface area contributed by atoms with Gasteiger partial charge in [-0.3, -0.25) is 4.90 Å². The molecule has 27 heavy (non-hydrogen) atoms. The molecule has 2 saturated heterocycles. The summed E-state index contributed by atoms with van der Waals surface area (Å²) in [5.74, 6) is 0. The summed E-state index contributed by atoms with van der Waals surface area (Å²) in [4.78, 5) is 13.7. The summed E-state index contributed by atoms with van der Waals surface area (Å²) in [6, 6.07) is 19.0. The van der Waals surface area contributed by atoms with Crippen molar-refractivity contribution in [1.29, 1.82) is 0 Å². The lowest BCUT2D eigenvalue weighted by Gasteiger charge is -2.26. The van der Waals surface area contributed by atoms with Crippen LogP contribution in [-0.2, 0) is 27.4 Å². The highest BCUT2D eigenvalue weighted by atomic mass is 16.6. The van der Waals surface area contributed by atoms with Crippen LogP contribution in [-0.4, -0.2) is 53.6 Å². The predicted octanol–water partition coefficient (Wildman–Crippen LogP) is 2.35. The summed E-state index contributed by atoms with van der Waals surface area (Å²) < 4.78 is 17.5. The summed E-state index contributed by atoms with van der Waals surface area (Å²) in [6.07, 6.45) is -1.20. The van der Waals surface area contributed by atoms with Crippen molar-refractivity contribution in [3.05, 3.63) is 71.8 Å². The van der Waals surface area contributed by atoms with E-state index < -0.39 is 18.2 Å². The normalized spacial score (nSPS) is 26.9. The van der Waals surface area contributed by atoms with Crippen molar-refractivity contribution in [2.24, 2.45) is 0 Å². The van der Waals surface area contributed by atoms with Crippen LogP contribution in [0.1, 0.15) is 11.1 Å². The van der Waals surface area contributed by atoms with Crippen LogP contribution in [0.4, 0.5) is 4.79 Å². The highest BCUT2D eigenvalue weighted by Crippen LogP contribution is 2.35. The highest BCUT2D eigenvalue weighted by Gasteiger charge is 2.56. The minimum absolute atomic E-state index is 0.198. The zero-order valence-electron chi connectivity index (χ0n) is 14.9. The van der Waals surface area contributed by atoms with Crippen molar-refractivity contribution in [3.8, 4) is 0 Å². The smallest absolute Gasteiger partial charge is 0.410 e. The fourth-order valence-electron chi connectivity index (χ4n) is 3.81. The first-order valence-electron chi connectivity index (χ1n) is 9.15. The van der Waals surface area contributed by atoms with E-state index in [4.69, 9.17) is 14.2 Å². The molecule has 0 radical (unpaired) electrons. The molecule has 2 aliphatic rings. The fraction of sp³-hybridized carbons (Fsp3) is 0.381. The number of nitrogens with zero attached hydrogens (tertiary/aromatic N) is 1. The lowest BCUT2D eigenvalue weighted by atomic mass is 10.1. The molecular weight excluding hydrogens is 346 g/mol. The number of hydrogen-bond donors (Lipinski definition) is 1. The maximum atomic E-state index is 12.1. The molecule has 6 heteroatoms. The van der Waals surface area contributed by atoms with E-state index in [9.17, 15) is 9.90 Å². The van der Waals surface area contributed by atoms with Gasteiger partial charge in [0.05, 0.1) is 31.9 Å². The van der Waals surface area contributed by atoms with Crippen LogP contribution in [0.25, 0.3) is 0 Å². The molecule has 1 N–H and O–H groups in total. The van der Waals surface area contributed by atoms with Crippen LogP contribution in [0, 0.1) is 0 Å². The van der Waals surface area contributed by atoms with Crippen LogP contribution in [0.5, 0.6) is 0 Å². The number of aliphatic hydroxyl groups excluding tert-OH is 1. The Labute approximate surface area is 158 Å². The van der Waals surface area contributed by atoms with Gasteiger partial charge < -0.3 is 19.3 Å². The highest BCUT2D eigenvalue weighted by molar-refractivity contribution is 5.71. The van der Waals surface area contributed by atoms with E-state index in [1.807, 2.05) is 60.7 Å². The molecule has 1 amide bonds. The van der Waals surface area contributed by atoms with Gasteiger partial charge >= 0.3 is 6.09 Å². The molecule has 4 atom stereocenters. The summed E-state index contributed by atoms with van der Waals surface area (Å²) >= 11 is 0. The van der Waals surface area contributed by atoms with E-state index in [0.29, 0.717) is 13.2 Å². The molecule has 6 nitrogen and oxygen atoms in total. The molecule has 0 bridgehead atoms. The van der Waals surface area contributed by atoms with E-state index in [1.54, 1.807) is 4.90 Å². The molecule has 0 aromatic heterocycles. The summed E-state index contributed by atoms with van der Waals surface area (Å²) in [7, 11) is 0. The maximum Gasteiger partial charge on any atom is 0.410 e. The second-order valence-electron chi connectivity index (χ2n) is 6.82. The number of amides is 1. The van der Waals surface area contributed by atoms with Crippen molar-refractivity contribution in [1.82, 2.24) is 4.90 Å². The molecule has 2 aliphatic heterocycles. The largest absolute Gasteiger partial charge is 0.447 e. The Morgan fingerprint density at radius 3 is 2.04 bits per heavy atom. The Morgan fingerprint density at radius 2 is 1.48 bits per heavy atom. The van der Waals surface area contributed by atoms with Crippen LogP contribution in [0.2, 0.25) is 0 Å². The average Bonchev–Trinajstić information content (AvgIpc) is 3.23. The lowest BCUT2D eigenvalue weighted by Crippen LogP contribution is -2.42. The molecule has 4 rings (SSSR count). The first kappa shape index (κ1) is 18.0. The van der Waals surface area contributed by atoms with Gasteiger partial charge in [-0.25, -0.2) is 4.79 Å². The zero-order valence-corrected chi connectivity index (χ0v) is 14.9. The standard InChI is InChI=1S/C21H23NO5/c23-11-17-19(25-12-15-7-3-1-4-8-15)20(18-14-27-21(24)22(17)18)26-13-16-9-5-2-6-10-16/h1-10,17-20,23H,11-14H2/t17-,18+,19-,20-/m1/s1. The third-order valence-corrected chi connectivity index (χ3v) is 5.14. The van der Waals surface area contributed by atoms with E-state index in [2.05, 4.69) is 0 Å². The van der Waals surface area contributed by atoms with Crippen molar-refractivity contribution in [2.75, 3.05) is 13.2 Å². The molecule has 0 aliphatic carbocycles. The van der Waals surface area contributed by atoms with Gasteiger partial charge in [-0.2, -0.15) is 0 Å². The number of fused-ring (bicyclic) bond motifs is 1. The van der Waals surface area contributed by atoms with Crippen LogP contribution >= 0.6 is 0 Å². The van der Waals surface area contributed by atoms with E-state index >= 15 is 0 Å². The maximum absolute atomic E-state index is 12.1. The third-order valence-electron chi connectivity index (χ3n) is 5.14. The summed E-state index contributed by atoms with van der Waals surface area (Å²) in [5.41, 5.74) is 2.08. The lowest BCUT2D eigenvalue weighted by molar-refractivity contribution is -0.0864. The van der Waals surface area contributed by atoms with Crippen LogP contribution in [0.3, 0.4) is 0 Å². The van der Waals surface area contributed by atoms with Gasteiger partial charge in [0.1, 0.15) is 18.8 Å². The van der Waals surface area contributed by atoms with E-state index in [0.717, 1.165) is 11.1 Å². The number of carbonyl (C=O) groups is 1. The van der Waals surface area contributed by atoms with Crippen molar-refractivity contribution in [2.45, 2.75) is 37.5 Å². The van der Waals surface area contributed by atoms with E-state index in [-0.39, 0.29) is 25.4 Å². The Morgan fingerprint density at radius 1 is 0.926 bits per heavy atom. The Kier molecular flexibility index (Phi) is 5.38. The Balaban J connectivity index is 1.51. The van der Waals surface area contributed by atoms with Gasteiger partial charge in [-0.15, -0.1) is 0 Å². The van der Waals surface area contributed by atoms with Gasteiger partial charge in [-0.05, 0) is 11.1 Å². The summed E-state index contributed by atoms with van der Waals surface area (Å²) in [6.45, 7) is 0.854. The minimum atomic E-state index is -0.477. The molecule has 0 spiro atoms. The van der Waals surface area contributed by atoms with Crippen LogP contribution in [0.15, 0.2) is 60.7 Å². The molecule has 2 aromatic rings. The number of ether oxygens (including phenoxy) is 3. The van der Waals surface area contributed by atoms with Crippen LogP contribution < -0.4 is 0 Å². The number of cyclic esters (lactones) is 1. The second-order valence-corrected chi connectivity index (χ2v) is 6.82. The number of carbonyl (C=O) groups excluding carboxylic acids is 1. The van der Waals surface area contributed by atoms with Gasteiger partial charge in [0.25, 0.3) is 0 Å². The Bertz CT molecular complexity index is 710. The molecule has 0 saturated carbocycles. The predicted molar refractivity (Wildman–Crippen MR) is 97.9 cm³/mol. The zero-order chi connectivity index (χ0) is 18.6. The minimum Gasteiger partial charge on any atom is -0.447 e. The van der Waals surface area contributed by atoms with Crippen molar-refractivity contribution < 1.29 is 24.1 Å². The first-order valence-corrected chi connectivity index (χ1v) is 9.15. The molecule has 2 aromatic carbocycles. The number of aliphatic hydroxyl groups is 1. The van der Waals surface area contributed by atoms with E-state index in [1.165, 1.54) is 0 Å². The topological polar surface area (TPSA) is 68.2 Å². The molecular formula is C21H23NO5. The molecule has 2 fully saturated rings. The molecule has 2 heterocycles. The number of benzene rings is 2. The summed E-state index contributed by atoms with van der Waals surface area (Å²) in [5, 5.41) is 9.92. The van der Waals surface area contributed by atoms with Crippen molar-refractivity contribution in [3.63, 3.8) is 0 Å².